The van der Waals surface area contributed by atoms with E-state index in [-0.39, 0.29) is 11.7 Å². The summed E-state index contributed by atoms with van der Waals surface area (Å²) in [4.78, 5) is 30.7. The molecule has 132 valence electrons. The Balaban J connectivity index is 1.71. The number of ketones is 1. The number of benzene rings is 1. The molecular weight excluding hydrogens is 318 g/mol. The van der Waals surface area contributed by atoms with Crippen LogP contribution in [0.25, 0.3) is 0 Å². The molecule has 1 aliphatic heterocycles. The number of aryl methyl sites for hydroxylation is 2. The van der Waals surface area contributed by atoms with E-state index in [1.807, 2.05) is 17.9 Å². The van der Waals surface area contributed by atoms with Crippen molar-refractivity contribution >= 4 is 11.7 Å². The molecule has 1 aliphatic rings. The zero-order valence-electron chi connectivity index (χ0n) is 14.9. The largest absolute Gasteiger partial charge is 0.340 e. The van der Waals surface area contributed by atoms with Gasteiger partial charge in [-0.15, -0.1) is 0 Å². The normalized spacial score (nSPS) is 17.6. The molecule has 3 rings (SSSR count). The summed E-state index contributed by atoms with van der Waals surface area (Å²) < 4.78 is 5.02. The highest BCUT2D eigenvalue weighted by Crippen LogP contribution is 2.22. The number of likely N-dealkylation sites (tertiary alicyclic amines) is 1. The van der Waals surface area contributed by atoms with Crippen molar-refractivity contribution < 1.29 is 14.1 Å². The maximum atomic E-state index is 12.9. The van der Waals surface area contributed by atoms with Crippen LogP contribution in [0.15, 0.2) is 22.7 Å². The summed E-state index contributed by atoms with van der Waals surface area (Å²) in [5.41, 5.74) is 2.08. The molecule has 1 atom stereocenters. The van der Waals surface area contributed by atoms with Gasteiger partial charge in [-0.25, -0.2) is 0 Å². The molecule has 0 spiro atoms. The number of carbonyl (C=O) groups is 2. The first-order valence-corrected chi connectivity index (χ1v) is 8.64. The van der Waals surface area contributed by atoms with Crippen molar-refractivity contribution in [2.24, 2.45) is 5.92 Å². The van der Waals surface area contributed by atoms with Crippen molar-refractivity contribution in [3.05, 3.63) is 46.6 Å². The first kappa shape index (κ1) is 17.3. The number of rotatable bonds is 4. The molecule has 1 saturated heterocycles. The second-order valence-electron chi connectivity index (χ2n) is 6.78. The van der Waals surface area contributed by atoms with Crippen molar-refractivity contribution in [2.45, 2.75) is 40.0 Å². The van der Waals surface area contributed by atoms with Crippen molar-refractivity contribution in [3.63, 3.8) is 0 Å². The summed E-state index contributed by atoms with van der Waals surface area (Å²) in [6.07, 6.45) is 2.72. The third-order valence-electron chi connectivity index (χ3n) is 4.71. The van der Waals surface area contributed by atoms with Crippen molar-refractivity contribution in [1.82, 2.24) is 15.0 Å². The maximum absolute atomic E-state index is 12.9. The van der Waals surface area contributed by atoms with Crippen LogP contribution >= 0.6 is 0 Å². The third-order valence-corrected chi connectivity index (χ3v) is 4.71. The van der Waals surface area contributed by atoms with Gasteiger partial charge in [-0.1, -0.05) is 11.2 Å². The molecule has 25 heavy (non-hydrogen) atoms. The van der Waals surface area contributed by atoms with Gasteiger partial charge in [-0.2, -0.15) is 4.98 Å². The summed E-state index contributed by atoms with van der Waals surface area (Å²) in [6, 6.07) is 5.36. The SMILES string of the molecule is CC(=O)c1cc(C(=O)N2CCCC(Cc3noc(C)n3)C2)ccc1C. The minimum atomic E-state index is -0.0175. The maximum Gasteiger partial charge on any atom is 0.253 e. The van der Waals surface area contributed by atoms with Gasteiger partial charge in [-0.05, 0) is 50.3 Å². The quantitative estimate of drug-likeness (QED) is 0.799. The van der Waals surface area contributed by atoms with Crippen molar-refractivity contribution in [1.29, 1.82) is 0 Å². The van der Waals surface area contributed by atoms with Crippen LogP contribution in [0.5, 0.6) is 0 Å². The summed E-state index contributed by atoms with van der Waals surface area (Å²) in [6.45, 7) is 6.60. The zero-order valence-corrected chi connectivity index (χ0v) is 14.9. The molecule has 6 heteroatoms. The van der Waals surface area contributed by atoms with E-state index >= 15 is 0 Å². The fraction of sp³-hybridized carbons (Fsp3) is 0.474. The van der Waals surface area contributed by atoms with Gasteiger partial charge in [0.1, 0.15) is 0 Å². The van der Waals surface area contributed by atoms with Gasteiger partial charge >= 0.3 is 0 Å². The van der Waals surface area contributed by atoms with Crippen LogP contribution in [0.1, 0.15) is 57.8 Å². The number of piperidine rings is 1. The Bertz CT molecular complexity index is 797. The highest BCUT2D eigenvalue weighted by molar-refractivity contribution is 6.00. The summed E-state index contributed by atoms with van der Waals surface area (Å²) in [7, 11) is 0. The first-order chi connectivity index (χ1) is 11.9. The molecule has 0 radical (unpaired) electrons. The monoisotopic (exact) mass is 341 g/mol. The van der Waals surface area contributed by atoms with E-state index in [1.54, 1.807) is 19.1 Å². The number of carbonyl (C=O) groups excluding carboxylic acids is 2. The fourth-order valence-corrected chi connectivity index (χ4v) is 3.42. The number of amides is 1. The smallest absolute Gasteiger partial charge is 0.253 e. The van der Waals surface area contributed by atoms with E-state index in [1.165, 1.54) is 6.92 Å². The molecule has 1 amide bonds. The standard InChI is InChI=1S/C19H23N3O3/c1-12-6-7-16(10-17(12)13(2)23)19(24)22-8-4-5-15(11-22)9-18-20-14(3)25-21-18/h6-7,10,15H,4-5,8-9,11H2,1-3H3. The first-order valence-electron chi connectivity index (χ1n) is 8.64. The average Bonchev–Trinajstić information content (AvgIpc) is 2.99. The number of aromatic nitrogens is 2. The van der Waals surface area contributed by atoms with Gasteiger partial charge in [0.25, 0.3) is 5.91 Å². The van der Waals surface area contributed by atoms with E-state index in [0.29, 0.717) is 41.7 Å². The second-order valence-corrected chi connectivity index (χ2v) is 6.78. The molecule has 1 aromatic carbocycles. The van der Waals surface area contributed by atoms with E-state index in [2.05, 4.69) is 10.1 Å². The lowest BCUT2D eigenvalue weighted by Gasteiger charge is -2.32. The highest BCUT2D eigenvalue weighted by atomic mass is 16.5. The van der Waals surface area contributed by atoms with Crippen molar-refractivity contribution in [3.8, 4) is 0 Å². The molecule has 0 bridgehead atoms. The zero-order chi connectivity index (χ0) is 18.0. The van der Waals surface area contributed by atoms with Gasteiger partial charge in [-0.3, -0.25) is 9.59 Å². The Morgan fingerprint density at radius 2 is 2.12 bits per heavy atom. The number of hydrogen-bond acceptors (Lipinski definition) is 5. The molecule has 1 aromatic heterocycles. The van der Waals surface area contributed by atoms with Crippen LogP contribution in [0, 0.1) is 19.8 Å². The Hall–Kier alpha value is -2.50. The molecule has 0 N–H and O–H groups in total. The number of Topliss-reactive ketones (excluding diaryl/α,β-unsaturated/α-hetero) is 1. The fourth-order valence-electron chi connectivity index (χ4n) is 3.42. The van der Waals surface area contributed by atoms with Crippen LogP contribution < -0.4 is 0 Å². The summed E-state index contributed by atoms with van der Waals surface area (Å²) in [5, 5.41) is 3.95. The Labute approximate surface area is 147 Å². The van der Waals surface area contributed by atoms with E-state index in [4.69, 9.17) is 4.52 Å². The molecule has 2 aromatic rings. The lowest BCUT2D eigenvalue weighted by molar-refractivity contribution is 0.0672. The number of nitrogens with zero attached hydrogens (tertiary/aromatic N) is 3. The van der Waals surface area contributed by atoms with Crippen LogP contribution in [0.3, 0.4) is 0 Å². The molecule has 0 saturated carbocycles. The van der Waals surface area contributed by atoms with E-state index in [9.17, 15) is 9.59 Å². The van der Waals surface area contributed by atoms with Crippen molar-refractivity contribution in [2.75, 3.05) is 13.1 Å². The minimum absolute atomic E-state index is 0.0171. The topological polar surface area (TPSA) is 76.3 Å². The van der Waals surface area contributed by atoms with Crippen LogP contribution in [-0.4, -0.2) is 39.8 Å². The predicted octanol–water partition coefficient (Wildman–Crippen LogP) is 2.98. The van der Waals surface area contributed by atoms with Gasteiger partial charge < -0.3 is 9.42 Å². The van der Waals surface area contributed by atoms with Crippen LogP contribution in [-0.2, 0) is 6.42 Å². The molecule has 0 aliphatic carbocycles. The van der Waals surface area contributed by atoms with Gasteiger partial charge in [0.2, 0.25) is 5.89 Å². The predicted molar refractivity (Wildman–Crippen MR) is 92.6 cm³/mol. The Morgan fingerprint density at radius 1 is 1.32 bits per heavy atom. The lowest BCUT2D eigenvalue weighted by atomic mass is 9.93. The second kappa shape index (κ2) is 7.17. The summed E-state index contributed by atoms with van der Waals surface area (Å²) >= 11 is 0. The molecule has 1 fully saturated rings. The van der Waals surface area contributed by atoms with E-state index in [0.717, 1.165) is 24.9 Å². The molecule has 2 heterocycles. The molecular formula is C19H23N3O3. The molecule has 1 unspecified atom stereocenters. The van der Waals surface area contributed by atoms with Crippen LogP contribution in [0.4, 0.5) is 0 Å². The van der Waals surface area contributed by atoms with Gasteiger partial charge in [0, 0.05) is 37.6 Å². The lowest BCUT2D eigenvalue weighted by Crippen LogP contribution is -2.40. The van der Waals surface area contributed by atoms with Gasteiger partial charge in [0.15, 0.2) is 11.6 Å². The van der Waals surface area contributed by atoms with E-state index < -0.39 is 0 Å². The van der Waals surface area contributed by atoms with Gasteiger partial charge in [0.05, 0.1) is 0 Å². The Morgan fingerprint density at radius 3 is 2.80 bits per heavy atom. The number of hydrogen-bond donors (Lipinski definition) is 0. The highest BCUT2D eigenvalue weighted by Gasteiger charge is 2.26. The average molecular weight is 341 g/mol. The Kier molecular flexibility index (Phi) is 4.97. The third kappa shape index (κ3) is 3.95. The summed E-state index contributed by atoms with van der Waals surface area (Å²) in [5.74, 6) is 1.56. The molecule has 6 nitrogen and oxygen atoms in total. The van der Waals surface area contributed by atoms with Crippen LogP contribution in [0.2, 0.25) is 0 Å². The minimum Gasteiger partial charge on any atom is -0.340 e.